The van der Waals surface area contributed by atoms with Crippen molar-refractivity contribution >= 4 is 39.5 Å². The molecule has 19 heteroatoms. The van der Waals surface area contributed by atoms with Gasteiger partial charge in [-0.25, -0.2) is 9.13 Å². The molecule has 0 bridgehead atoms. The van der Waals surface area contributed by atoms with E-state index in [9.17, 15) is 43.2 Å². The molecule has 0 amide bonds. The number of carbonyl (C=O) groups is 4. The number of hydrogen-bond acceptors (Lipinski definition) is 15. The fourth-order valence-corrected chi connectivity index (χ4v) is 12.7. The average Bonchev–Trinajstić information content (AvgIpc) is 3.69. The van der Waals surface area contributed by atoms with E-state index in [0.29, 0.717) is 31.6 Å². The van der Waals surface area contributed by atoms with Crippen molar-refractivity contribution in [1.29, 1.82) is 0 Å². The maximum Gasteiger partial charge on any atom is 0.472 e. The summed E-state index contributed by atoms with van der Waals surface area (Å²) in [5.74, 6) is 0.865. The molecule has 0 aliphatic heterocycles. The van der Waals surface area contributed by atoms with E-state index in [2.05, 4.69) is 55.4 Å². The van der Waals surface area contributed by atoms with E-state index in [-0.39, 0.29) is 25.7 Å². The van der Waals surface area contributed by atoms with Crippen LogP contribution in [0.15, 0.2) is 0 Å². The summed E-state index contributed by atoms with van der Waals surface area (Å²) in [6, 6.07) is 0. The number of hydrogen-bond donors (Lipinski definition) is 3. The summed E-state index contributed by atoms with van der Waals surface area (Å²) < 4.78 is 68.4. The molecule has 0 aliphatic rings. The van der Waals surface area contributed by atoms with Gasteiger partial charge in [0.25, 0.3) is 0 Å². The van der Waals surface area contributed by atoms with Gasteiger partial charge in [-0.2, -0.15) is 0 Å². The van der Waals surface area contributed by atoms with Crippen molar-refractivity contribution in [3.05, 3.63) is 0 Å². The number of esters is 4. The number of phosphoric ester groups is 2. The van der Waals surface area contributed by atoms with Gasteiger partial charge < -0.3 is 33.8 Å². The van der Waals surface area contributed by atoms with Gasteiger partial charge in [0, 0.05) is 25.7 Å². The van der Waals surface area contributed by atoms with Crippen LogP contribution in [0.25, 0.3) is 0 Å². The van der Waals surface area contributed by atoms with Gasteiger partial charge in [-0.05, 0) is 49.4 Å². The summed E-state index contributed by atoms with van der Waals surface area (Å²) in [5, 5.41) is 10.6. The predicted octanol–water partition coefficient (Wildman–Crippen LogP) is 21.3. The molecule has 3 unspecified atom stereocenters. The van der Waals surface area contributed by atoms with E-state index in [1.54, 1.807) is 0 Å². The summed E-state index contributed by atoms with van der Waals surface area (Å²) in [5.41, 5.74) is 0. The molecule has 3 N–H and O–H groups in total. The highest BCUT2D eigenvalue weighted by molar-refractivity contribution is 7.47. The first-order chi connectivity index (χ1) is 44.6. The first kappa shape index (κ1) is 91.1. The Bertz CT molecular complexity index is 1840. The second-order valence-electron chi connectivity index (χ2n) is 28.4. The lowest BCUT2D eigenvalue weighted by molar-refractivity contribution is -0.161. The van der Waals surface area contributed by atoms with Gasteiger partial charge in [0.15, 0.2) is 12.2 Å². The Kier molecular flexibility index (Phi) is 62.2. The molecule has 0 saturated carbocycles. The molecule has 0 aromatic heterocycles. The third kappa shape index (κ3) is 67.0. The number of rotatable bonds is 71. The highest BCUT2D eigenvalue weighted by Gasteiger charge is 2.30. The van der Waals surface area contributed by atoms with Crippen molar-refractivity contribution in [1.82, 2.24) is 0 Å². The van der Waals surface area contributed by atoms with Crippen LogP contribution in [0, 0.1) is 23.7 Å². The van der Waals surface area contributed by atoms with E-state index in [0.717, 1.165) is 120 Å². The lowest BCUT2D eigenvalue weighted by atomic mass is 10.00. The van der Waals surface area contributed by atoms with Crippen LogP contribution < -0.4 is 0 Å². The Morgan fingerprint density at radius 2 is 0.516 bits per heavy atom. The third-order valence-corrected chi connectivity index (χ3v) is 19.3. The Morgan fingerprint density at radius 3 is 0.763 bits per heavy atom. The van der Waals surface area contributed by atoms with Gasteiger partial charge in [-0.3, -0.25) is 37.3 Å². The topological polar surface area (TPSA) is 237 Å². The minimum Gasteiger partial charge on any atom is -0.462 e. The van der Waals surface area contributed by atoms with Crippen molar-refractivity contribution in [2.24, 2.45) is 23.7 Å². The van der Waals surface area contributed by atoms with Crippen LogP contribution in [0.1, 0.15) is 370 Å². The highest BCUT2D eigenvalue weighted by atomic mass is 31.2. The standard InChI is InChI=1S/C74H144O17P2/c1-9-67(8)53-45-37-32-33-39-47-55-72(77)85-61-70(91-73(78)56-48-40-29-23-19-17-15-13-11-10-12-14-16-18-21-26-34-42-50-64(2)3)63-89-93(82,83)87-59-68(75)58-86-92(80,81)88-62-69(60-84-71(76)54-46-38-31-25-28-36-44-52-66(6)7)90-74(79)57-49-41-30-24-20-22-27-35-43-51-65(4)5/h64-70,75H,9-63H2,1-8H3,(H,80,81)(H,82,83)/t67?,68-,69-,70-/m1/s1. The monoisotopic (exact) mass is 1370 g/mol. The van der Waals surface area contributed by atoms with E-state index < -0.39 is 97.5 Å². The summed E-state index contributed by atoms with van der Waals surface area (Å²) in [4.78, 5) is 72.6. The Labute approximate surface area is 568 Å². The predicted molar refractivity (Wildman–Crippen MR) is 377 cm³/mol. The molecular formula is C74H144O17P2. The minimum absolute atomic E-state index is 0.104. The second-order valence-corrected chi connectivity index (χ2v) is 31.3. The van der Waals surface area contributed by atoms with Crippen LogP contribution in [-0.2, 0) is 65.4 Å². The summed E-state index contributed by atoms with van der Waals surface area (Å²) >= 11 is 0. The zero-order chi connectivity index (χ0) is 68.9. The lowest BCUT2D eigenvalue weighted by Crippen LogP contribution is -2.30. The van der Waals surface area contributed by atoms with Crippen molar-refractivity contribution in [2.75, 3.05) is 39.6 Å². The molecule has 0 aliphatic carbocycles. The fraction of sp³-hybridized carbons (Fsp3) is 0.946. The molecule has 0 spiro atoms. The molecule has 93 heavy (non-hydrogen) atoms. The Balaban J connectivity index is 5.18. The smallest absolute Gasteiger partial charge is 0.462 e. The molecule has 6 atom stereocenters. The molecule has 17 nitrogen and oxygen atoms in total. The number of carbonyl (C=O) groups excluding carboxylic acids is 4. The van der Waals surface area contributed by atoms with Crippen LogP contribution >= 0.6 is 15.6 Å². The molecular weight excluding hydrogens is 1220 g/mol. The van der Waals surface area contributed by atoms with Crippen molar-refractivity contribution < 1.29 is 80.2 Å². The fourth-order valence-electron chi connectivity index (χ4n) is 11.2. The maximum atomic E-state index is 13.0. The van der Waals surface area contributed by atoms with Crippen LogP contribution in [0.4, 0.5) is 0 Å². The minimum atomic E-state index is -4.96. The van der Waals surface area contributed by atoms with Gasteiger partial charge in [0.1, 0.15) is 19.3 Å². The van der Waals surface area contributed by atoms with E-state index in [1.165, 1.54) is 161 Å². The molecule has 0 radical (unpaired) electrons. The van der Waals surface area contributed by atoms with Crippen molar-refractivity contribution in [2.45, 2.75) is 388 Å². The van der Waals surface area contributed by atoms with Crippen molar-refractivity contribution in [3.63, 3.8) is 0 Å². The van der Waals surface area contributed by atoms with Crippen LogP contribution in [0.3, 0.4) is 0 Å². The van der Waals surface area contributed by atoms with Crippen molar-refractivity contribution in [3.8, 4) is 0 Å². The van der Waals surface area contributed by atoms with Gasteiger partial charge >= 0.3 is 39.5 Å². The lowest BCUT2D eigenvalue weighted by Gasteiger charge is -2.21. The Morgan fingerprint density at radius 1 is 0.301 bits per heavy atom. The molecule has 0 aromatic carbocycles. The molecule has 0 aromatic rings. The van der Waals surface area contributed by atoms with E-state index in [4.69, 9.17) is 37.0 Å². The van der Waals surface area contributed by atoms with Gasteiger partial charge in [-0.1, -0.05) is 319 Å². The SMILES string of the molecule is CCC(C)CCCCCCCCC(=O)OC[C@H](COP(=O)(O)OC[C@H](O)COP(=O)(O)OC[C@@H](COC(=O)CCCCCCCCCC(C)C)OC(=O)CCCCCCCCCCCC(C)C)OC(=O)CCCCCCCCCCCCCCCCCCCCC(C)C. The molecule has 552 valence electrons. The normalized spacial score (nSPS) is 14.5. The quantitative estimate of drug-likeness (QED) is 0.0222. The molecule has 0 fully saturated rings. The number of phosphoric acid groups is 2. The van der Waals surface area contributed by atoms with Gasteiger partial charge in [0.05, 0.1) is 26.4 Å². The number of aliphatic hydroxyl groups excluding tert-OH is 1. The zero-order valence-electron chi connectivity index (χ0n) is 60.9. The summed E-state index contributed by atoms with van der Waals surface area (Å²) in [6.45, 7) is 14.1. The zero-order valence-corrected chi connectivity index (χ0v) is 62.7. The van der Waals surface area contributed by atoms with Crippen LogP contribution in [0.5, 0.6) is 0 Å². The first-order valence-electron chi connectivity index (χ1n) is 38.2. The van der Waals surface area contributed by atoms with Crippen LogP contribution in [0.2, 0.25) is 0 Å². The maximum absolute atomic E-state index is 13.0. The van der Waals surface area contributed by atoms with Gasteiger partial charge in [0.2, 0.25) is 0 Å². The van der Waals surface area contributed by atoms with Crippen LogP contribution in [-0.4, -0.2) is 96.7 Å². The Hall–Kier alpha value is -1.94. The molecule has 0 saturated heterocycles. The summed E-state index contributed by atoms with van der Waals surface area (Å²) in [6.07, 6.45) is 47.5. The van der Waals surface area contributed by atoms with E-state index in [1.807, 2.05) is 0 Å². The highest BCUT2D eigenvalue weighted by Crippen LogP contribution is 2.45. The van der Waals surface area contributed by atoms with E-state index >= 15 is 0 Å². The average molecular weight is 1370 g/mol. The third-order valence-electron chi connectivity index (χ3n) is 17.4. The largest absolute Gasteiger partial charge is 0.472 e. The molecule has 0 rings (SSSR count). The number of ether oxygens (including phenoxy) is 4. The number of unbranched alkanes of at least 4 members (excludes halogenated alkanes) is 36. The second kappa shape index (κ2) is 63.5. The van der Waals surface area contributed by atoms with Gasteiger partial charge in [-0.15, -0.1) is 0 Å². The number of aliphatic hydroxyl groups is 1. The molecule has 0 heterocycles. The summed E-state index contributed by atoms with van der Waals surface area (Å²) in [7, 11) is -9.91. The first-order valence-corrected chi connectivity index (χ1v) is 41.2.